The molecular weight excluding hydrogens is 262 g/mol. The summed E-state index contributed by atoms with van der Waals surface area (Å²) in [4.78, 5) is 0. The Morgan fingerprint density at radius 2 is 1.95 bits per heavy atom. The molecule has 0 radical (unpaired) electrons. The molecule has 0 spiro atoms. The third-order valence-corrected chi connectivity index (χ3v) is 4.35. The highest BCUT2D eigenvalue weighted by Gasteiger charge is 2.28. The predicted octanol–water partition coefficient (Wildman–Crippen LogP) is 3.84. The van der Waals surface area contributed by atoms with Crippen LogP contribution in [0.5, 0.6) is 11.5 Å². The van der Waals surface area contributed by atoms with Crippen molar-refractivity contribution in [3.8, 4) is 11.5 Å². The van der Waals surface area contributed by atoms with E-state index in [0.717, 1.165) is 23.5 Å². The van der Waals surface area contributed by atoms with Crippen molar-refractivity contribution in [1.29, 1.82) is 0 Å². The summed E-state index contributed by atoms with van der Waals surface area (Å²) in [7, 11) is 1.66. The van der Waals surface area contributed by atoms with Crippen molar-refractivity contribution < 1.29 is 9.47 Å². The number of benzene rings is 2. The number of fused-ring (bicyclic) bond motifs is 1. The van der Waals surface area contributed by atoms with Gasteiger partial charge >= 0.3 is 0 Å². The zero-order valence-electron chi connectivity index (χ0n) is 12.7. The molecule has 0 bridgehead atoms. The van der Waals surface area contributed by atoms with Crippen molar-refractivity contribution in [3.63, 3.8) is 0 Å². The van der Waals surface area contributed by atoms with E-state index in [9.17, 15) is 0 Å². The summed E-state index contributed by atoms with van der Waals surface area (Å²) in [6, 6.07) is 12.2. The van der Waals surface area contributed by atoms with Crippen LogP contribution in [0.1, 0.15) is 40.8 Å². The van der Waals surface area contributed by atoms with Crippen LogP contribution in [0, 0.1) is 13.8 Å². The first-order valence-corrected chi connectivity index (χ1v) is 7.26. The molecule has 3 heteroatoms. The van der Waals surface area contributed by atoms with Gasteiger partial charge in [-0.2, -0.15) is 0 Å². The number of hydrogen-bond donors (Lipinski definition) is 1. The van der Waals surface area contributed by atoms with Gasteiger partial charge in [0.15, 0.2) is 0 Å². The first-order valence-electron chi connectivity index (χ1n) is 7.26. The molecule has 2 N–H and O–H groups in total. The van der Waals surface area contributed by atoms with E-state index in [0.29, 0.717) is 0 Å². The smallest absolute Gasteiger partial charge is 0.128 e. The summed E-state index contributed by atoms with van der Waals surface area (Å²) in [5.74, 6) is 1.63. The van der Waals surface area contributed by atoms with Crippen LogP contribution in [0.4, 0.5) is 0 Å². The molecule has 0 aliphatic carbocycles. The minimum Gasteiger partial charge on any atom is -0.497 e. The van der Waals surface area contributed by atoms with Gasteiger partial charge in [0.25, 0.3) is 0 Å². The van der Waals surface area contributed by atoms with E-state index in [1.807, 2.05) is 18.2 Å². The Morgan fingerprint density at radius 3 is 2.71 bits per heavy atom. The molecular formula is C18H21NO2. The second-order valence-corrected chi connectivity index (χ2v) is 5.64. The van der Waals surface area contributed by atoms with Crippen molar-refractivity contribution in [2.24, 2.45) is 5.73 Å². The van der Waals surface area contributed by atoms with E-state index >= 15 is 0 Å². The number of methoxy groups -OCH3 is 1. The van der Waals surface area contributed by atoms with Gasteiger partial charge in [0.05, 0.1) is 7.11 Å². The lowest BCUT2D eigenvalue weighted by Gasteiger charge is -2.31. The predicted molar refractivity (Wildman–Crippen MR) is 83.8 cm³/mol. The topological polar surface area (TPSA) is 44.5 Å². The van der Waals surface area contributed by atoms with Gasteiger partial charge < -0.3 is 15.2 Å². The molecule has 21 heavy (non-hydrogen) atoms. The standard InChI is InChI=1S/C18H21NO2/c1-11-5-4-6-14(12(11)2)18-10-16(19)15-8-7-13(20-3)9-17(15)21-18/h4-9,16,18H,10,19H2,1-3H3. The lowest BCUT2D eigenvalue weighted by atomic mass is 9.90. The lowest BCUT2D eigenvalue weighted by Crippen LogP contribution is -2.24. The molecule has 2 aromatic carbocycles. The molecule has 2 unspecified atom stereocenters. The number of hydrogen-bond acceptors (Lipinski definition) is 3. The zero-order chi connectivity index (χ0) is 15.0. The SMILES string of the molecule is COc1ccc2c(c1)OC(c1cccc(C)c1C)CC2N. The molecule has 0 fully saturated rings. The van der Waals surface area contributed by atoms with Gasteiger partial charge in [0.2, 0.25) is 0 Å². The molecule has 0 saturated heterocycles. The van der Waals surface area contributed by atoms with E-state index in [4.69, 9.17) is 15.2 Å². The Labute approximate surface area is 125 Å². The second-order valence-electron chi connectivity index (χ2n) is 5.64. The van der Waals surface area contributed by atoms with Crippen LogP contribution in [0.2, 0.25) is 0 Å². The number of rotatable bonds is 2. The molecule has 1 aliphatic heterocycles. The van der Waals surface area contributed by atoms with E-state index < -0.39 is 0 Å². The maximum absolute atomic E-state index is 6.33. The molecule has 1 aliphatic rings. The Hall–Kier alpha value is -2.00. The van der Waals surface area contributed by atoms with Crippen molar-refractivity contribution >= 4 is 0 Å². The number of ether oxygens (including phenoxy) is 2. The summed E-state index contributed by atoms with van der Waals surface area (Å²) in [5, 5.41) is 0. The highest BCUT2D eigenvalue weighted by molar-refractivity contribution is 5.45. The minimum absolute atomic E-state index is 0.000457. The van der Waals surface area contributed by atoms with Crippen molar-refractivity contribution in [1.82, 2.24) is 0 Å². The third-order valence-electron chi connectivity index (χ3n) is 4.35. The maximum Gasteiger partial charge on any atom is 0.128 e. The molecule has 2 atom stereocenters. The first-order chi connectivity index (χ1) is 10.1. The maximum atomic E-state index is 6.33. The second kappa shape index (κ2) is 5.41. The molecule has 0 amide bonds. The molecule has 1 heterocycles. The van der Waals surface area contributed by atoms with Crippen molar-refractivity contribution in [2.75, 3.05) is 7.11 Å². The van der Waals surface area contributed by atoms with E-state index in [1.54, 1.807) is 7.11 Å². The molecule has 0 saturated carbocycles. The fourth-order valence-electron chi connectivity index (χ4n) is 2.92. The minimum atomic E-state index is -0.00966. The average molecular weight is 283 g/mol. The summed E-state index contributed by atoms with van der Waals surface area (Å²) < 4.78 is 11.5. The van der Waals surface area contributed by atoms with Gasteiger partial charge in [0.1, 0.15) is 17.6 Å². The van der Waals surface area contributed by atoms with Gasteiger partial charge in [-0.25, -0.2) is 0 Å². The number of aryl methyl sites for hydroxylation is 1. The first kappa shape index (κ1) is 14.0. The largest absolute Gasteiger partial charge is 0.497 e. The Kier molecular flexibility index (Phi) is 3.60. The van der Waals surface area contributed by atoms with Gasteiger partial charge in [-0.05, 0) is 36.6 Å². The third kappa shape index (κ3) is 2.49. The van der Waals surface area contributed by atoms with Gasteiger partial charge in [-0.15, -0.1) is 0 Å². The highest BCUT2D eigenvalue weighted by atomic mass is 16.5. The normalized spacial score (nSPS) is 20.6. The fraction of sp³-hybridized carbons (Fsp3) is 0.333. The Bertz CT molecular complexity index is 666. The summed E-state index contributed by atoms with van der Waals surface area (Å²) in [5.41, 5.74) is 11.2. The van der Waals surface area contributed by atoms with Crippen molar-refractivity contribution in [2.45, 2.75) is 32.4 Å². The highest BCUT2D eigenvalue weighted by Crippen LogP contribution is 2.42. The molecule has 0 aromatic heterocycles. The lowest BCUT2D eigenvalue weighted by molar-refractivity contribution is 0.160. The van der Waals surface area contributed by atoms with Gasteiger partial charge in [-0.3, -0.25) is 0 Å². The van der Waals surface area contributed by atoms with E-state index in [2.05, 4.69) is 32.0 Å². The summed E-state index contributed by atoms with van der Waals surface area (Å²) in [6.07, 6.45) is 0.795. The van der Waals surface area contributed by atoms with Crippen LogP contribution in [0.15, 0.2) is 36.4 Å². The van der Waals surface area contributed by atoms with Crippen LogP contribution < -0.4 is 15.2 Å². The van der Waals surface area contributed by atoms with Gasteiger partial charge in [0, 0.05) is 24.1 Å². The summed E-state index contributed by atoms with van der Waals surface area (Å²) >= 11 is 0. The molecule has 3 rings (SSSR count). The van der Waals surface area contributed by atoms with E-state index in [1.165, 1.54) is 16.7 Å². The number of nitrogens with two attached hydrogens (primary N) is 1. The van der Waals surface area contributed by atoms with Crippen LogP contribution in [0.3, 0.4) is 0 Å². The average Bonchev–Trinajstić information content (AvgIpc) is 2.49. The quantitative estimate of drug-likeness (QED) is 0.911. The molecule has 110 valence electrons. The van der Waals surface area contributed by atoms with Crippen molar-refractivity contribution in [3.05, 3.63) is 58.7 Å². The van der Waals surface area contributed by atoms with Gasteiger partial charge in [-0.1, -0.05) is 24.3 Å². The van der Waals surface area contributed by atoms with Crippen LogP contribution >= 0.6 is 0 Å². The van der Waals surface area contributed by atoms with E-state index in [-0.39, 0.29) is 12.1 Å². The molecule has 3 nitrogen and oxygen atoms in total. The Morgan fingerprint density at radius 1 is 1.14 bits per heavy atom. The summed E-state index contributed by atoms with van der Waals surface area (Å²) in [6.45, 7) is 4.26. The van der Waals surface area contributed by atoms with Crippen LogP contribution in [0.25, 0.3) is 0 Å². The fourth-order valence-corrected chi connectivity index (χ4v) is 2.92. The zero-order valence-corrected chi connectivity index (χ0v) is 12.7. The molecule has 2 aromatic rings. The monoisotopic (exact) mass is 283 g/mol. The van der Waals surface area contributed by atoms with Crippen LogP contribution in [-0.4, -0.2) is 7.11 Å². The Balaban J connectivity index is 1.99. The van der Waals surface area contributed by atoms with Crippen LogP contribution in [-0.2, 0) is 0 Å².